The molecule has 0 amide bonds. The molecule has 0 spiro atoms. The number of nitrogens with two attached hydrogens (primary N) is 1. The zero-order chi connectivity index (χ0) is 8.97. The van der Waals surface area contributed by atoms with Crippen molar-refractivity contribution in [2.75, 3.05) is 6.61 Å². The fourth-order valence-electron chi connectivity index (χ4n) is 1.10. The second-order valence-corrected chi connectivity index (χ2v) is 3.52. The van der Waals surface area contributed by atoms with E-state index in [0.717, 1.165) is 6.61 Å². The largest absolute Gasteiger partial charge is 0.377 e. The van der Waals surface area contributed by atoms with E-state index in [4.69, 9.17) is 10.5 Å². The van der Waals surface area contributed by atoms with Gasteiger partial charge in [0.05, 0.1) is 12.1 Å². The van der Waals surface area contributed by atoms with Crippen LogP contribution in [-0.2, 0) is 4.74 Å². The summed E-state index contributed by atoms with van der Waals surface area (Å²) in [6, 6.07) is 2.06. The molecule has 68 valence electrons. The number of rotatable bonds is 4. The zero-order valence-corrected chi connectivity index (χ0v) is 8.30. The molecule has 0 fully saturated rings. The molecule has 0 saturated heterocycles. The van der Waals surface area contributed by atoms with E-state index in [9.17, 15) is 0 Å². The number of hydrogen-bond donors (Lipinski definition) is 1. The van der Waals surface area contributed by atoms with Gasteiger partial charge in [0.15, 0.2) is 0 Å². The van der Waals surface area contributed by atoms with Crippen molar-refractivity contribution >= 4 is 11.3 Å². The van der Waals surface area contributed by atoms with Crippen LogP contribution in [0.2, 0.25) is 0 Å². The van der Waals surface area contributed by atoms with Crippen molar-refractivity contribution in [3.8, 4) is 0 Å². The Kier molecular flexibility index (Phi) is 3.72. The topological polar surface area (TPSA) is 35.2 Å². The van der Waals surface area contributed by atoms with Crippen LogP contribution >= 0.6 is 11.3 Å². The summed E-state index contributed by atoms with van der Waals surface area (Å²) < 4.78 is 5.41. The molecule has 0 radical (unpaired) electrons. The first-order valence-corrected chi connectivity index (χ1v) is 5.09. The predicted molar refractivity (Wildman–Crippen MR) is 52.3 cm³/mol. The highest BCUT2D eigenvalue weighted by molar-refractivity contribution is 7.07. The lowest BCUT2D eigenvalue weighted by atomic mass is 10.1. The zero-order valence-electron chi connectivity index (χ0n) is 7.49. The maximum atomic E-state index is 5.95. The molecule has 1 rings (SSSR count). The van der Waals surface area contributed by atoms with E-state index in [1.54, 1.807) is 11.3 Å². The minimum atomic E-state index is 0.0104. The molecule has 0 aliphatic carbocycles. The Labute approximate surface area is 77.3 Å². The molecule has 2 atom stereocenters. The summed E-state index contributed by atoms with van der Waals surface area (Å²) in [5, 5.41) is 4.11. The first-order valence-electron chi connectivity index (χ1n) is 4.15. The van der Waals surface area contributed by atoms with E-state index in [2.05, 4.69) is 5.38 Å². The van der Waals surface area contributed by atoms with Crippen molar-refractivity contribution in [3.63, 3.8) is 0 Å². The van der Waals surface area contributed by atoms with Gasteiger partial charge in [-0.1, -0.05) is 0 Å². The van der Waals surface area contributed by atoms with Gasteiger partial charge in [0.25, 0.3) is 0 Å². The molecule has 0 aliphatic heterocycles. The number of hydrogen-bond acceptors (Lipinski definition) is 3. The van der Waals surface area contributed by atoms with Crippen LogP contribution in [-0.4, -0.2) is 12.7 Å². The highest BCUT2D eigenvalue weighted by atomic mass is 32.1. The maximum Gasteiger partial charge on any atom is 0.0739 e. The summed E-state index contributed by atoms with van der Waals surface area (Å²) in [7, 11) is 0. The lowest BCUT2D eigenvalue weighted by Crippen LogP contribution is -2.25. The SMILES string of the molecule is CCOC(C)C(N)c1ccsc1. The molecular formula is C9H15NOS. The van der Waals surface area contributed by atoms with Gasteiger partial charge in [0, 0.05) is 6.61 Å². The van der Waals surface area contributed by atoms with Crippen LogP contribution in [0.3, 0.4) is 0 Å². The van der Waals surface area contributed by atoms with Crippen molar-refractivity contribution in [1.29, 1.82) is 0 Å². The minimum Gasteiger partial charge on any atom is -0.377 e. The van der Waals surface area contributed by atoms with Gasteiger partial charge >= 0.3 is 0 Å². The summed E-state index contributed by atoms with van der Waals surface area (Å²) >= 11 is 1.67. The predicted octanol–water partition coefficient (Wildman–Crippen LogP) is 2.17. The van der Waals surface area contributed by atoms with Crippen molar-refractivity contribution in [2.45, 2.75) is 26.0 Å². The normalized spacial score (nSPS) is 15.9. The van der Waals surface area contributed by atoms with Crippen molar-refractivity contribution < 1.29 is 4.74 Å². The number of thiophene rings is 1. The lowest BCUT2D eigenvalue weighted by molar-refractivity contribution is 0.0575. The Morgan fingerprint density at radius 1 is 1.67 bits per heavy atom. The van der Waals surface area contributed by atoms with Crippen molar-refractivity contribution in [1.82, 2.24) is 0 Å². The van der Waals surface area contributed by atoms with E-state index in [-0.39, 0.29) is 12.1 Å². The van der Waals surface area contributed by atoms with Gasteiger partial charge in [-0.3, -0.25) is 0 Å². The monoisotopic (exact) mass is 185 g/mol. The van der Waals surface area contributed by atoms with Crippen LogP contribution in [0.1, 0.15) is 25.5 Å². The molecule has 0 aromatic carbocycles. The molecule has 1 aromatic heterocycles. The molecule has 0 saturated carbocycles. The molecule has 2 nitrogen and oxygen atoms in total. The van der Waals surface area contributed by atoms with Crippen molar-refractivity contribution in [3.05, 3.63) is 22.4 Å². The Hall–Kier alpha value is -0.380. The Morgan fingerprint density at radius 2 is 2.42 bits per heavy atom. The average molecular weight is 185 g/mol. The van der Waals surface area contributed by atoms with Crippen LogP contribution in [0.4, 0.5) is 0 Å². The van der Waals surface area contributed by atoms with Gasteiger partial charge in [-0.05, 0) is 36.2 Å². The minimum absolute atomic E-state index is 0.0104. The molecule has 12 heavy (non-hydrogen) atoms. The molecule has 2 unspecified atom stereocenters. The molecular weight excluding hydrogens is 170 g/mol. The third kappa shape index (κ3) is 2.30. The fourth-order valence-corrected chi connectivity index (χ4v) is 1.81. The fraction of sp³-hybridized carbons (Fsp3) is 0.556. The van der Waals surface area contributed by atoms with E-state index in [0.29, 0.717) is 0 Å². The Balaban J connectivity index is 2.53. The standard InChI is InChI=1S/C9H15NOS/c1-3-11-7(2)9(10)8-4-5-12-6-8/h4-7,9H,3,10H2,1-2H3. The van der Waals surface area contributed by atoms with Crippen LogP contribution in [0.15, 0.2) is 16.8 Å². The molecule has 1 aromatic rings. The van der Waals surface area contributed by atoms with Gasteiger partial charge in [-0.2, -0.15) is 11.3 Å². The first-order chi connectivity index (χ1) is 5.75. The smallest absolute Gasteiger partial charge is 0.0739 e. The second-order valence-electron chi connectivity index (χ2n) is 2.74. The third-order valence-corrected chi connectivity index (χ3v) is 2.56. The summed E-state index contributed by atoms with van der Waals surface area (Å²) in [4.78, 5) is 0. The van der Waals surface area contributed by atoms with Gasteiger partial charge in [0.1, 0.15) is 0 Å². The maximum absolute atomic E-state index is 5.95. The van der Waals surface area contributed by atoms with Gasteiger partial charge in [-0.25, -0.2) is 0 Å². The molecule has 3 heteroatoms. The number of ether oxygens (including phenoxy) is 1. The van der Waals surface area contributed by atoms with E-state index >= 15 is 0 Å². The van der Waals surface area contributed by atoms with Gasteiger partial charge < -0.3 is 10.5 Å². The van der Waals surface area contributed by atoms with E-state index in [1.165, 1.54) is 5.56 Å². The van der Waals surface area contributed by atoms with E-state index in [1.807, 2.05) is 25.3 Å². The first kappa shape index (κ1) is 9.71. The Morgan fingerprint density at radius 3 is 2.92 bits per heavy atom. The second kappa shape index (κ2) is 4.60. The molecule has 0 bridgehead atoms. The summed E-state index contributed by atoms with van der Waals surface area (Å²) in [6.07, 6.45) is 0.101. The average Bonchev–Trinajstić information content (AvgIpc) is 2.55. The summed E-state index contributed by atoms with van der Waals surface area (Å²) in [6.45, 7) is 4.71. The summed E-state index contributed by atoms with van der Waals surface area (Å²) in [5.74, 6) is 0. The van der Waals surface area contributed by atoms with Crippen LogP contribution in [0, 0.1) is 0 Å². The van der Waals surface area contributed by atoms with Crippen molar-refractivity contribution in [2.24, 2.45) is 5.73 Å². The summed E-state index contributed by atoms with van der Waals surface area (Å²) in [5.41, 5.74) is 7.12. The third-order valence-electron chi connectivity index (χ3n) is 1.86. The van der Waals surface area contributed by atoms with Crippen LogP contribution in [0.25, 0.3) is 0 Å². The Bertz CT molecular complexity index is 210. The van der Waals surface area contributed by atoms with Gasteiger partial charge in [-0.15, -0.1) is 0 Å². The highest BCUT2D eigenvalue weighted by Crippen LogP contribution is 2.18. The van der Waals surface area contributed by atoms with Gasteiger partial charge in [0.2, 0.25) is 0 Å². The van der Waals surface area contributed by atoms with E-state index < -0.39 is 0 Å². The highest BCUT2D eigenvalue weighted by Gasteiger charge is 2.14. The molecule has 1 heterocycles. The lowest BCUT2D eigenvalue weighted by Gasteiger charge is -2.18. The quantitative estimate of drug-likeness (QED) is 0.780. The van der Waals surface area contributed by atoms with Crippen LogP contribution in [0.5, 0.6) is 0 Å². The molecule has 0 aliphatic rings. The molecule has 2 N–H and O–H groups in total. The van der Waals surface area contributed by atoms with Crippen LogP contribution < -0.4 is 5.73 Å².